The molecule has 5 nitrogen and oxygen atoms in total. The molecule has 0 aliphatic heterocycles. The molecule has 1 N–H and O–H groups in total. The zero-order chi connectivity index (χ0) is 16.7. The normalized spacial score (nSPS) is 15.0. The van der Waals surface area contributed by atoms with Crippen molar-refractivity contribution in [2.75, 3.05) is 11.9 Å². The zero-order valence-corrected chi connectivity index (χ0v) is 14.5. The molecule has 1 fully saturated rings. The van der Waals surface area contributed by atoms with Crippen LogP contribution in [0, 0.1) is 6.92 Å². The number of nitrogens with one attached hydrogen (secondary N) is 1. The molecule has 2 aromatic heterocycles. The molecule has 124 valence electrons. The maximum atomic E-state index is 4.69. The van der Waals surface area contributed by atoms with Crippen molar-refractivity contribution in [2.24, 2.45) is 0 Å². The maximum absolute atomic E-state index is 4.69. The largest absolute Gasteiger partial charge is 0.368 e. The van der Waals surface area contributed by atoms with Crippen LogP contribution in [-0.4, -0.2) is 26.4 Å². The number of hydrogen-bond acceptors (Lipinski definition) is 4. The van der Waals surface area contributed by atoms with Crippen LogP contribution >= 0.6 is 0 Å². The highest BCUT2D eigenvalue weighted by Crippen LogP contribution is 2.38. The van der Waals surface area contributed by atoms with E-state index in [0.29, 0.717) is 5.92 Å². The topological polar surface area (TPSA) is 55.1 Å². The monoisotopic (exact) mass is 321 g/mol. The lowest BCUT2D eigenvalue weighted by Crippen LogP contribution is -2.28. The minimum Gasteiger partial charge on any atom is -0.368 e. The molecule has 1 saturated carbocycles. The van der Waals surface area contributed by atoms with Crippen molar-refractivity contribution < 1.29 is 0 Å². The van der Waals surface area contributed by atoms with Crippen LogP contribution in [0.1, 0.15) is 49.6 Å². The summed E-state index contributed by atoms with van der Waals surface area (Å²) in [6, 6.07) is 12.7. The van der Waals surface area contributed by atoms with Crippen LogP contribution < -0.4 is 5.32 Å². The molecule has 0 atom stereocenters. The van der Waals surface area contributed by atoms with Crippen molar-refractivity contribution in [1.29, 1.82) is 0 Å². The third-order valence-corrected chi connectivity index (χ3v) is 4.77. The lowest BCUT2D eigenvalue weighted by Gasteiger charge is -2.26. The van der Waals surface area contributed by atoms with Gasteiger partial charge in [-0.3, -0.25) is 0 Å². The number of aromatic nitrogens is 4. The van der Waals surface area contributed by atoms with E-state index in [-0.39, 0.29) is 5.41 Å². The Kier molecular flexibility index (Phi) is 3.52. The fourth-order valence-corrected chi connectivity index (χ4v) is 2.91. The molecule has 3 aromatic rings. The minimum absolute atomic E-state index is 0.0247. The number of rotatable bonds is 5. The molecule has 1 aliphatic carbocycles. The number of fused-ring (bicyclic) bond motifs is 1. The average Bonchev–Trinajstić information content (AvgIpc) is 3.33. The van der Waals surface area contributed by atoms with Gasteiger partial charge in [0.2, 0.25) is 0 Å². The first kappa shape index (κ1) is 15.1. The summed E-state index contributed by atoms with van der Waals surface area (Å²) in [5, 5.41) is 16.7. The molecular weight excluding hydrogens is 298 g/mol. The van der Waals surface area contributed by atoms with E-state index >= 15 is 0 Å². The van der Waals surface area contributed by atoms with Crippen molar-refractivity contribution in [3.63, 3.8) is 0 Å². The van der Waals surface area contributed by atoms with Crippen LogP contribution in [0.25, 0.3) is 5.65 Å². The molecule has 1 aromatic carbocycles. The smallest absolute Gasteiger partial charge is 0.178 e. The summed E-state index contributed by atoms with van der Waals surface area (Å²) in [7, 11) is 0. The summed E-state index contributed by atoms with van der Waals surface area (Å²) in [4.78, 5) is 0. The fourth-order valence-electron chi connectivity index (χ4n) is 2.91. The Morgan fingerprint density at radius 3 is 2.54 bits per heavy atom. The van der Waals surface area contributed by atoms with Crippen LogP contribution in [0.15, 0.2) is 36.4 Å². The van der Waals surface area contributed by atoms with Gasteiger partial charge in [0, 0.05) is 17.9 Å². The van der Waals surface area contributed by atoms with Gasteiger partial charge in [0.05, 0.1) is 0 Å². The Labute approximate surface area is 142 Å². The van der Waals surface area contributed by atoms with Crippen molar-refractivity contribution in [1.82, 2.24) is 19.8 Å². The average molecular weight is 321 g/mol. The van der Waals surface area contributed by atoms with E-state index in [4.69, 9.17) is 0 Å². The second-order valence-corrected chi connectivity index (χ2v) is 7.42. The van der Waals surface area contributed by atoms with Gasteiger partial charge in [-0.15, -0.1) is 15.3 Å². The van der Waals surface area contributed by atoms with E-state index in [0.717, 1.165) is 23.8 Å². The second-order valence-electron chi connectivity index (χ2n) is 7.42. The van der Waals surface area contributed by atoms with Crippen molar-refractivity contribution in [3.05, 3.63) is 53.3 Å². The summed E-state index contributed by atoms with van der Waals surface area (Å²) < 4.78 is 1.89. The van der Waals surface area contributed by atoms with Gasteiger partial charge in [-0.2, -0.15) is 4.52 Å². The number of nitrogens with zero attached hydrogens (tertiary/aromatic N) is 4. The highest BCUT2D eigenvalue weighted by molar-refractivity contribution is 5.45. The van der Waals surface area contributed by atoms with E-state index in [1.807, 2.05) is 16.6 Å². The highest BCUT2D eigenvalue weighted by atomic mass is 15.4. The second kappa shape index (κ2) is 5.58. The van der Waals surface area contributed by atoms with Crippen molar-refractivity contribution >= 4 is 11.5 Å². The molecule has 5 heteroatoms. The SMILES string of the molecule is Cc1ccc(C(C)(C)CNc2ccc3nnc(C4CC4)n3n2)cc1. The first-order chi connectivity index (χ1) is 11.5. The third-order valence-electron chi connectivity index (χ3n) is 4.77. The Morgan fingerprint density at radius 1 is 1.08 bits per heavy atom. The summed E-state index contributed by atoms with van der Waals surface area (Å²) >= 11 is 0. The lowest BCUT2D eigenvalue weighted by molar-refractivity contribution is 0.555. The molecule has 0 spiro atoms. The third kappa shape index (κ3) is 2.86. The molecule has 2 heterocycles. The zero-order valence-electron chi connectivity index (χ0n) is 14.5. The quantitative estimate of drug-likeness (QED) is 0.778. The van der Waals surface area contributed by atoms with Crippen molar-refractivity contribution in [3.8, 4) is 0 Å². The Hall–Kier alpha value is -2.43. The molecule has 0 amide bonds. The molecule has 24 heavy (non-hydrogen) atoms. The molecular formula is C19H23N5. The minimum atomic E-state index is 0.0247. The standard InChI is InChI=1S/C19H23N5/c1-13-4-8-15(9-5-13)19(2,3)12-20-16-10-11-17-21-22-18(14-6-7-14)24(17)23-16/h4-5,8-11,14H,6-7,12H2,1-3H3,(H,20,23). The molecule has 0 radical (unpaired) electrons. The Morgan fingerprint density at radius 2 is 1.83 bits per heavy atom. The van der Waals surface area contributed by atoms with E-state index in [1.165, 1.54) is 24.0 Å². The number of aryl methyl sites for hydroxylation is 1. The Balaban J connectivity index is 1.53. The predicted molar refractivity (Wildman–Crippen MR) is 95.5 cm³/mol. The van der Waals surface area contributed by atoms with Crippen LogP contribution in [-0.2, 0) is 5.41 Å². The lowest BCUT2D eigenvalue weighted by atomic mass is 9.84. The van der Waals surface area contributed by atoms with Gasteiger partial charge in [0.15, 0.2) is 11.5 Å². The van der Waals surface area contributed by atoms with E-state index in [9.17, 15) is 0 Å². The first-order valence-corrected chi connectivity index (χ1v) is 8.56. The van der Waals surface area contributed by atoms with Gasteiger partial charge in [-0.25, -0.2) is 0 Å². The summed E-state index contributed by atoms with van der Waals surface area (Å²) in [6.07, 6.45) is 2.39. The molecule has 0 unspecified atom stereocenters. The van der Waals surface area contributed by atoms with Gasteiger partial charge in [-0.1, -0.05) is 43.7 Å². The van der Waals surface area contributed by atoms with Crippen LogP contribution in [0.3, 0.4) is 0 Å². The van der Waals surface area contributed by atoms with Gasteiger partial charge >= 0.3 is 0 Å². The van der Waals surface area contributed by atoms with Gasteiger partial charge in [-0.05, 0) is 37.5 Å². The van der Waals surface area contributed by atoms with Crippen LogP contribution in [0.2, 0.25) is 0 Å². The molecule has 4 rings (SSSR count). The summed E-state index contributed by atoms with van der Waals surface area (Å²) in [5.41, 5.74) is 3.45. The Bertz CT molecular complexity index is 859. The van der Waals surface area contributed by atoms with E-state index in [2.05, 4.69) is 65.6 Å². The number of hydrogen-bond donors (Lipinski definition) is 1. The summed E-state index contributed by atoms with van der Waals surface area (Å²) in [6.45, 7) is 7.43. The van der Waals surface area contributed by atoms with Gasteiger partial charge < -0.3 is 5.32 Å². The summed E-state index contributed by atoms with van der Waals surface area (Å²) in [5.74, 6) is 2.39. The number of benzene rings is 1. The van der Waals surface area contributed by atoms with E-state index in [1.54, 1.807) is 0 Å². The van der Waals surface area contributed by atoms with Gasteiger partial charge in [0.25, 0.3) is 0 Å². The van der Waals surface area contributed by atoms with Crippen LogP contribution in [0.5, 0.6) is 0 Å². The van der Waals surface area contributed by atoms with Gasteiger partial charge in [0.1, 0.15) is 5.82 Å². The molecule has 0 bridgehead atoms. The van der Waals surface area contributed by atoms with E-state index < -0.39 is 0 Å². The fraction of sp³-hybridized carbons (Fsp3) is 0.421. The predicted octanol–water partition coefficient (Wildman–Crippen LogP) is 3.70. The van der Waals surface area contributed by atoms with Crippen LogP contribution in [0.4, 0.5) is 5.82 Å². The molecule has 1 aliphatic rings. The maximum Gasteiger partial charge on any atom is 0.178 e. The number of anilines is 1. The molecule has 0 saturated heterocycles. The highest BCUT2D eigenvalue weighted by Gasteiger charge is 2.29. The first-order valence-electron chi connectivity index (χ1n) is 8.56. The van der Waals surface area contributed by atoms with Crippen molar-refractivity contribution in [2.45, 2.75) is 44.9 Å².